The molecule has 2 aromatic rings. The lowest BCUT2D eigenvalue weighted by atomic mass is 10.0. The first-order valence-corrected chi connectivity index (χ1v) is 4.62. The summed E-state index contributed by atoms with van der Waals surface area (Å²) in [6.45, 7) is 0. The minimum absolute atomic E-state index is 0.239. The molecular weight excluding hydrogens is 195 g/mol. The molecule has 1 aromatic carbocycles. The summed E-state index contributed by atoms with van der Waals surface area (Å²) in [6.07, 6.45) is 1.96. The van der Waals surface area contributed by atoms with Crippen LogP contribution >= 0.6 is 0 Å². The zero-order chi connectivity index (χ0) is 10.7. The zero-order valence-corrected chi connectivity index (χ0v) is 8.02. The van der Waals surface area contributed by atoms with Gasteiger partial charge in [-0.1, -0.05) is 18.2 Å². The monoisotopic (exact) mass is 206 g/mol. The van der Waals surface area contributed by atoms with E-state index in [1.54, 1.807) is 24.4 Å². The largest absolute Gasteiger partial charge is 0.322 e. The molecule has 5 heteroatoms. The zero-order valence-electron chi connectivity index (χ0n) is 8.02. The van der Waals surface area contributed by atoms with Gasteiger partial charge in [-0.15, -0.1) is 0 Å². The smallest absolute Gasteiger partial charge is 0.126 e. The molecule has 0 aliphatic heterocycles. The summed E-state index contributed by atoms with van der Waals surface area (Å²) in [5.74, 6) is -0.239. The second kappa shape index (κ2) is 4.18. The van der Waals surface area contributed by atoms with Crippen molar-refractivity contribution in [2.24, 2.45) is 5.73 Å². The second-order valence-electron chi connectivity index (χ2n) is 3.30. The van der Waals surface area contributed by atoms with E-state index in [0.29, 0.717) is 17.7 Å². The van der Waals surface area contributed by atoms with Gasteiger partial charge in [0.15, 0.2) is 0 Å². The Morgan fingerprint density at radius 1 is 1.40 bits per heavy atom. The van der Waals surface area contributed by atoms with Crippen LogP contribution in [0.1, 0.15) is 17.3 Å². The fourth-order valence-electron chi connectivity index (χ4n) is 1.39. The molecule has 1 aromatic heterocycles. The van der Waals surface area contributed by atoms with Crippen LogP contribution in [0.25, 0.3) is 0 Å². The van der Waals surface area contributed by atoms with E-state index < -0.39 is 0 Å². The summed E-state index contributed by atoms with van der Waals surface area (Å²) < 4.78 is 13.3. The van der Waals surface area contributed by atoms with Gasteiger partial charge in [-0.05, 0) is 18.1 Å². The number of hydrogen-bond donors (Lipinski definition) is 2. The summed E-state index contributed by atoms with van der Waals surface area (Å²) >= 11 is 0. The number of nitrogens with zero attached hydrogens (tertiary/aromatic N) is 2. The van der Waals surface area contributed by atoms with Gasteiger partial charge in [0.05, 0.1) is 17.9 Å². The Bertz CT molecular complexity index is 427. The predicted octanol–water partition coefficient (Wildman–Crippen LogP) is 1.19. The number of hydrogen-bond acceptors (Lipinski definition) is 3. The molecule has 1 unspecified atom stereocenters. The molecule has 0 saturated carbocycles. The summed E-state index contributed by atoms with van der Waals surface area (Å²) in [7, 11) is 0. The molecule has 0 fully saturated rings. The average Bonchev–Trinajstić information content (AvgIpc) is 2.74. The minimum atomic E-state index is -0.333. The van der Waals surface area contributed by atoms with Crippen LogP contribution in [0.15, 0.2) is 30.5 Å². The van der Waals surface area contributed by atoms with Crippen LogP contribution in [-0.2, 0) is 6.42 Å². The van der Waals surface area contributed by atoms with E-state index in [-0.39, 0.29) is 11.9 Å². The number of halogens is 1. The van der Waals surface area contributed by atoms with Crippen LogP contribution in [-0.4, -0.2) is 15.4 Å². The van der Waals surface area contributed by atoms with E-state index in [9.17, 15) is 4.39 Å². The number of H-pyrrole nitrogens is 1. The molecule has 0 spiro atoms. The molecule has 0 bridgehead atoms. The maximum Gasteiger partial charge on any atom is 0.126 e. The summed E-state index contributed by atoms with van der Waals surface area (Å²) in [5, 5.41) is 9.99. The van der Waals surface area contributed by atoms with Gasteiger partial charge in [-0.25, -0.2) is 4.39 Å². The Labute approximate surface area is 86.3 Å². The normalized spacial score (nSPS) is 12.7. The van der Waals surface area contributed by atoms with Crippen molar-refractivity contribution >= 4 is 0 Å². The number of benzene rings is 1. The highest BCUT2D eigenvalue weighted by Crippen LogP contribution is 2.15. The van der Waals surface area contributed by atoms with E-state index in [2.05, 4.69) is 15.4 Å². The molecule has 78 valence electrons. The van der Waals surface area contributed by atoms with Gasteiger partial charge in [-0.3, -0.25) is 0 Å². The van der Waals surface area contributed by atoms with Crippen molar-refractivity contribution in [3.63, 3.8) is 0 Å². The summed E-state index contributed by atoms with van der Waals surface area (Å²) in [6, 6.07) is 6.25. The lowest BCUT2D eigenvalue weighted by molar-refractivity contribution is 0.589. The van der Waals surface area contributed by atoms with Crippen molar-refractivity contribution in [2.45, 2.75) is 12.5 Å². The van der Waals surface area contributed by atoms with Crippen molar-refractivity contribution in [1.82, 2.24) is 15.4 Å². The predicted molar refractivity (Wildman–Crippen MR) is 53.4 cm³/mol. The van der Waals surface area contributed by atoms with Crippen molar-refractivity contribution in [1.29, 1.82) is 0 Å². The fraction of sp³-hybridized carbons (Fsp3) is 0.200. The SMILES string of the molecule is NC(Cc1ccccc1F)c1cn[nH]n1. The maximum absolute atomic E-state index is 13.3. The van der Waals surface area contributed by atoms with Crippen LogP contribution in [0, 0.1) is 5.82 Å². The highest BCUT2D eigenvalue weighted by molar-refractivity contribution is 5.19. The highest BCUT2D eigenvalue weighted by atomic mass is 19.1. The Morgan fingerprint density at radius 2 is 2.20 bits per heavy atom. The quantitative estimate of drug-likeness (QED) is 0.792. The second-order valence-corrected chi connectivity index (χ2v) is 3.30. The third-order valence-electron chi connectivity index (χ3n) is 2.21. The lowest BCUT2D eigenvalue weighted by Crippen LogP contribution is -2.14. The average molecular weight is 206 g/mol. The van der Waals surface area contributed by atoms with Gasteiger partial charge in [0.25, 0.3) is 0 Å². The third kappa shape index (κ3) is 2.19. The number of aromatic nitrogens is 3. The van der Waals surface area contributed by atoms with Crippen molar-refractivity contribution < 1.29 is 4.39 Å². The maximum atomic E-state index is 13.3. The summed E-state index contributed by atoms with van der Waals surface area (Å²) in [4.78, 5) is 0. The molecule has 3 N–H and O–H groups in total. The van der Waals surface area contributed by atoms with Crippen LogP contribution < -0.4 is 5.73 Å². The molecule has 15 heavy (non-hydrogen) atoms. The van der Waals surface area contributed by atoms with Gasteiger partial charge in [0.2, 0.25) is 0 Å². The topological polar surface area (TPSA) is 67.6 Å². The van der Waals surface area contributed by atoms with E-state index in [4.69, 9.17) is 5.73 Å². The molecule has 0 aliphatic rings. The Morgan fingerprint density at radius 3 is 2.87 bits per heavy atom. The number of nitrogens with two attached hydrogens (primary N) is 1. The third-order valence-corrected chi connectivity index (χ3v) is 2.21. The molecule has 0 aliphatic carbocycles. The van der Waals surface area contributed by atoms with E-state index >= 15 is 0 Å². The molecular formula is C10H11FN4. The summed E-state index contributed by atoms with van der Waals surface area (Å²) in [5.41, 5.74) is 7.08. The molecule has 2 rings (SSSR count). The first kappa shape index (κ1) is 9.79. The van der Waals surface area contributed by atoms with Gasteiger partial charge < -0.3 is 5.73 Å². The van der Waals surface area contributed by atoms with E-state index in [1.165, 1.54) is 6.07 Å². The lowest BCUT2D eigenvalue weighted by Gasteiger charge is -2.08. The highest BCUT2D eigenvalue weighted by Gasteiger charge is 2.11. The van der Waals surface area contributed by atoms with Gasteiger partial charge >= 0.3 is 0 Å². The van der Waals surface area contributed by atoms with Gasteiger partial charge in [-0.2, -0.15) is 15.4 Å². The van der Waals surface area contributed by atoms with Crippen LogP contribution in [0.4, 0.5) is 4.39 Å². The van der Waals surface area contributed by atoms with Crippen molar-refractivity contribution in [3.05, 3.63) is 47.5 Å². The first-order valence-electron chi connectivity index (χ1n) is 4.62. The number of nitrogens with one attached hydrogen (secondary N) is 1. The standard InChI is InChI=1S/C10H11FN4/c11-8-4-2-1-3-7(8)5-9(12)10-6-13-15-14-10/h1-4,6,9H,5,12H2,(H,13,14,15). The minimum Gasteiger partial charge on any atom is -0.322 e. The van der Waals surface area contributed by atoms with Crippen molar-refractivity contribution in [2.75, 3.05) is 0 Å². The first-order chi connectivity index (χ1) is 7.27. The number of aromatic amines is 1. The van der Waals surface area contributed by atoms with Crippen LogP contribution in [0.5, 0.6) is 0 Å². The number of rotatable bonds is 3. The van der Waals surface area contributed by atoms with Crippen molar-refractivity contribution in [3.8, 4) is 0 Å². The fourth-order valence-corrected chi connectivity index (χ4v) is 1.39. The van der Waals surface area contributed by atoms with Gasteiger partial charge in [0.1, 0.15) is 5.82 Å². The molecule has 0 saturated heterocycles. The van der Waals surface area contributed by atoms with E-state index in [0.717, 1.165) is 0 Å². The Balaban J connectivity index is 2.13. The Kier molecular flexibility index (Phi) is 2.73. The Hall–Kier alpha value is -1.75. The molecule has 0 radical (unpaired) electrons. The van der Waals surface area contributed by atoms with Gasteiger partial charge in [0, 0.05) is 0 Å². The molecule has 4 nitrogen and oxygen atoms in total. The molecule has 0 amide bonds. The molecule has 1 atom stereocenters. The van der Waals surface area contributed by atoms with Crippen LogP contribution in [0.3, 0.4) is 0 Å². The van der Waals surface area contributed by atoms with Crippen LogP contribution in [0.2, 0.25) is 0 Å². The molecule has 1 heterocycles. The van der Waals surface area contributed by atoms with E-state index in [1.807, 2.05) is 0 Å².